The first-order chi connectivity index (χ1) is 8.16. The number of anilines is 1. The average Bonchev–Trinajstić information content (AvgIpc) is 2.28. The van der Waals surface area contributed by atoms with Crippen LogP contribution in [-0.4, -0.2) is 9.97 Å². The van der Waals surface area contributed by atoms with Crippen LogP contribution in [0.1, 0.15) is 11.5 Å². The highest BCUT2D eigenvalue weighted by Gasteiger charge is 2.05. The largest absolute Gasteiger partial charge is 0.377 e. The predicted octanol–water partition coefficient (Wildman–Crippen LogP) is 3.70. The summed E-state index contributed by atoms with van der Waals surface area (Å²) in [6, 6.07) is 7.25. The van der Waals surface area contributed by atoms with Crippen molar-refractivity contribution in [2.75, 3.05) is 5.32 Å². The fraction of sp³-hybridized carbons (Fsp3) is 0.167. The molecule has 3 nitrogen and oxygen atoms in total. The zero-order chi connectivity index (χ0) is 12.3. The number of hydrogen-bond acceptors (Lipinski definition) is 3. The van der Waals surface area contributed by atoms with Crippen molar-refractivity contribution in [2.24, 2.45) is 0 Å². The molecule has 2 rings (SSSR count). The first-order valence-electron chi connectivity index (χ1n) is 5.13. The smallest absolute Gasteiger partial charge is 0.125 e. The lowest BCUT2D eigenvalue weighted by atomic mass is 10.3. The van der Waals surface area contributed by atoms with Gasteiger partial charge < -0.3 is 5.32 Å². The first-order valence-corrected chi connectivity index (χ1v) is 5.89. The van der Waals surface area contributed by atoms with Crippen LogP contribution in [0.5, 0.6) is 0 Å². The van der Waals surface area contributed by atoms with E-state index in [0.717, 1.165) is 17.2 Å². The van der Waals surface area contributed by atoms with Gasteiger partial charge in [0.1, 0.15) is 5.82 Å². The van der Waals surface area contributed by atoms with E-state index in [2.05, 4.69) is 15.3 Å². The van der Waals surface area contributed by atoms with Gasteiger partial charge in [0, 0.05) is 6.20 Å². The van der Waals surface area contributed by atoms with Gasteiger partial charge in [0.05, 0.1) is 28.0 Å². The number of aromatic nitrogens is 2. The zero-order valence-corrected chi connectivity index (χ0v) is 10.8. The number of para-hydroxylation sites is 1. The Bertz CT molecular complexity index is 509. The molecule has 1 aromatic carbocycles. The number of nitrogens with zero attached hydrogens (tertiary/aromatic N) is 2. The number of rotatable bonds is 3. The molecule has 0 bridgehead atoms. The zero-order valence-electron chi connectivity index (χ0n) is 9.24. The van der Waals surface area contributed by atoms with Crippen LogP contribution < -0.4 is 5.32 Å². The molecule has 1 N–H and O–H groups in total. The summed E-state index contributed by atoms with van der Waals surface area (Å²) in [5.74, 6) is 0.745. The van der Waals surface area contributed by atoms with Gasteiger partial charge in [-0.25, -0.2) is 9.97 Å². The third-order valence-corrected chi connectivity index (χ3v) is 2.87. The molecule has 0 aliphatic heterocycles. The van der Waals surface area contributed by atoms with Gasteiger partial charge in [-0.3, -0.25) is 0 Å². The van der Waals surface area contributed by atoms with Crippen molar-refractivity contribution in [3.63, 3.8) is 0 Å². The van der Waals surface area contributed by atoms with Crippen molar-refractivity contribution in [3.05, 3.63) is 52.0 Å². The second-order valence-electron chi connectivity index (χ2n) is 3.55. The van der Waals surface area contributed by atoms with Gasteiger partial charge in [0.2, 0.25) is 0 Å². The van der Waals surface area contributed by atoms with Crippen LogP contribution in [0.25, 0.3) is 0 Å². The van der Waals surface area contributed by atoms with Crippen LogP contribution in [0.2, 0.25) is 10.0 Å². The fourth-order valence-electron chi connectivity index (χ4n) is 1.45. The van der Waals surface area contributed by atoms with Crippen LogP contribution in [0.4, 0.5) is 5.69 Å². The summed E-state index contributed by atoms with van der Waals surface area (Å²) in [6.45, 7) is 2.42. The van der Waals surface area contributed by atoms with E-state index >= 15 is 0 Å². The predicted molar refractivity (Wildman–Crippen MR) is 70.6 cm³/mol. The maximum atomic E-state index is 6.05. The van der Waals surface area contributed by atoms with Crippen molar-refractivity contribution in [3.8, 4) is 0 Å². The molecule has 0 aliphatic carbocycles. The molecule has 2 aromatic rings. The highest BCUT2D eigenvalue weighted by atomic mass is 35.5. The molecule has 88 valence electrons. The van der Waals surface area contributed by atoms with E-state index in [-0.39, 0.29) is 0 Å². The highest BCUT2D eigenvalue weighted by Crippen LogP contribution is 2.29. The summed E-state index contributed by atoms with van der Waals surface area (Å²) < 4.78 is 0. The molecule has 1 aromatic heterocycles. The van der Waals surface area contributed by atoms with Crippen molar-refractivity contribution < 1.29 is 0 Å². The third-order valence-electron chi connectivity index (χ3n) is 2.24. The lowest BCUT2D eigenvalue weighted by Crippen LogP contribution is -2.04. The van der Waals surface area contributed by atoms with Crippen LogP contribution in [0, 0.1) is 6.92 Å². The Balaban J connectivity index is 2.13. The van der Waals surface area contributed by atoms with Crippen LogP contribution in [0.3, 0.4) is 0 Å². The Morgan fingerprint density at radius 2 is 1.88 bits per heavy atom. The summed E-state index contributed by atoms with van der Waals surface area (Å²) >= 11 is 12.1. The minimum Gasteiger partial charge on any atom is -0.377 e. The van der Waals surface area contributed by atoms with Gasteiger partial charge in [-0.05, 0) is 25.1 Å². The minimum atomic E-state index is 0.562. The van der Waals surface area contributed by atoms with E-state index in [4.69, 9.17) is 23.2 Å². The molecule has 0 fully saturated rings. The van der Waals surface area contributed by atoms with Crippen LogP contribution in [-0.2, 0) is 6.54 Å². The second-order valence-corrected chi connectivity index (χ2v) is 4.36. The molecule has 0 saturated heterocycles. The standard InChI is InChI=1S/C12H11Cl2N3/c1-8-15-6-5-9(17-8)7-16-12-10(13)3-2-4-11(12)14/h2-6,16H,7H2,1H3. The molecular weight excluding hydrogens is 257 g/mol. The number of benzene rings is 1. The van der Waals surface area contributed by atoms with Gasteiger partial charge in [0.15, 0.2) is 0 Å². The second kappa shape index (κ2) is 5.34. The van der Waals surface area contributed by atoms with E-state index in [9.17, 15) is 0 Å². The Morgan fingerprint density at radius 3 is 2.53 bits per heavy atom. The normalized spacial score (nSPS) is 10.3. The summed E-state index contributed by atoms with van der Waals surface area (Å²) in [5.41, 5.74) is 1.63. The lowest BCUT2D eigenvalue weighted by molar-refractivity contribution is 0.955. The molecule has 0 unspecified atom stereocenters. The number of hydrogen-bond donors (Lipinski definition) is 1. The number of halogens is 2. The summed E-state index contributed by atoms with van der Waals surface area (Å²) in [7, 11) is 0. The molecule has 17 heavy (non-hydrogen) atoms. The lowest BCUT2D eigenvalue weighted by Gasteiger charge is -2.09. The van der Waals surface area contributed by atoms with E-state index in [1.807, 2.05) is 19.1 Å². The maximum Gasteiger partial charge on any atom is 0.125 e. The quantitative estimate of drug-likeness (QED) is 0.922. The minimum absolute atomic E-state index is 0.562. The summed E-state index contributed by atoms with van der Waals surface area (Å²) in [4.78, 5) is 8.33. The highest BCUT2D eigenvalue weighted by molar-refractivity contribution is 6.39. The van der Waals surface area contributed by atoms with Crippen LogP contribution >= 0.6 is 23.2 Å². The SMILES string of the molecule is Cc1nccc(CNc2c(Cl)cccc2Cl)n1. The average molecular weight is 268 g/mol. The Labute approximate surface area is 110 Å². The Morgan fingerprint density at radius 1 is 1.18 bits per heavy atom. The van der Waals surface area contributed by atoms with Crippen molar-refractivity contribution in [1.82, 2.24) is 9.97 Å². The molecule has 0 amide bonds. The van der Waals surface area contributed by atoms with Gasteiger partial charge >= 0.3 is 0 Å². The molecule has 0 atom stereocenters. The van der Waals surface area contributed by atoms with Gasteiger partial charge in [-0.15, -0.1) is 0 Å². The van der Waals surface area contributed by atoms with Crippen molar-refractivity contribution in [1.29, 1.82) is 0 Å². The fourth-order valence-corrected chi connectivity index (χ4v) is 1.98. The first kappa shape index (κ1) is 12.1. The topological polar surface area (TPSA) is 37.8 Å². The maximum absolute atomic E-state index is 6.05. The summed E-state index contributed by atoms with van der Waals surface area (Å²) in [6.07, 6.45) is 1.73. The van der Waals surface area contributed by atoms with Crippen LogP contribution in [0.15, 0.2) is 30.5 Å². The molecule has 1 heterocycles. The molecule has 0 spiro atoms. The Kier molecular flexibility index (Phi) is 3.82. The molecular formula is C12H11Cl2N3. The number of nitrogens with one attached hydrogen (secondary N) is 1. The van der Waals surface area contributed by atoms with E-state index in [1.54, 1.807) is 18.3 Å². The third kappa shape index (κ3) is 3.08. The van der Waals surface area contributed by atoms with Gasteiger partial charge in [-0.1, -0.05) is 29.3 Å². The molecule has 0 saturated carbocycles. The molecule has 0 aliphatic rings. The van der Waals surface area contributed by atoms with E-state index < -0.39 is 0 Å². The van der Waals surface area contributed by atoms with Crippen molar-refractivity contribution in [2.45, 2.75) is 13.5 Å². The Hall–Kier alpha value is -1.32. The molecule has 0 radical (unpaired) electrons. The molecule has 5 heteroatoms. The number of aryl methyl sites for hydroxylation is 1. The van der Waals surface area contributed by atoms with Crippen molar-refractivity contribution >= 4 is 28.9 Å². The monoisotopic (exact) mass is 267 g/mol. The van der Waals surface area contributed by atoms with E-state index in [0.29, 0.717) is 16.6 Å². The van der Waals surface area contributed by atoms with E-state index in [1.165, 1.54) is 0 Å². The summed E-state index contributed by atoms with van der Waals surface area (Å²) in [5, 5.41) is 4.37. The van der Waals surface area contributed by atoms with Gasteiger partial charge in [0.25, 0.3) is 0 Å². The van der Waals surface area contributed by atoms with Gasteiger partial charge in [-0.2, -0.15) is 0 Å².